The summed E-state index contributed by atoms with van der Waals surface area (Å²) in [6.07, 6.45) is 0. The van der Waals surface area contributed by atoms with Crippen LogP contribution in [0.4, 0.5) is 5.69 Å². The first-order valence-electron chi connectivity index (χ1n) is 7.04. The minimum Gasteiger partial charge on any atom is -0.454 e. The van der Waals surface area contributed by atoms with Gasteiger partial charge in [-0.3, -0.25) is 4.79 Å². The van der Waals surface area contributed by atoms with Crippen molar-refractivity contribution < 1.29 is 18.7 Å². The number of fused-ring (bicyclic) bond motifs is 2. The molecule has 1 amide bonds. The van der Waals surface area contributed by atoms with Gasteiger partial charge in [0.2, 0.25) is 6.79 Å². The lowest BCUT2D eigenvalue weighted by Crippen LogP contribution is -2.20. The zero-order valence-electron chi connectivity index (χ0n) is 12.2. The molecule has 0 saturated carbocycles. The largest absolute Gasteiger partial charge is 0.454 e. The minimum absolute atomic E-state index is 0.109. The van der Waals surface area contributed by atoms with E-state index in [0.29, 0.717) is 33.2 Å². The van der Waals surface area contributed by atoms with Crippen LogP contribution in [-0.4, -0.2) is 12.7 Å². The smallest absolute Gasteiger partial charge is 0.349 e. The Labute approximate surface area is 140 Å². The molecule has 0 radical (unpaired) electrons. The quantitative estimate of drug-likeness (QED) is 0.721. The van der Waals surface area contributed by atoms with Crippen molar-refractivity contribution in [2.24, 2.45) is 0 Å². The second-order valence-corrected chi connectivity index (χ2v) is 5.59. The van der Waals surface area contributed by atoms with Gasteiger partial charge >= 0.3 is 5.63 Å². The Morgan fingerprint density at radius 1 is 1.04 bits per heavy atom. The number of ether oxygens (including phenoxy) is 2. The molecular formula is C17H10ClNO5. The van der Waals surface area contributed by atoms with Crippen molar-refractivity contribution >= 4 is 34.2 Å². The van der Waals surface area contributed by atoms with E-state index in [-0.39, 0.29) is 12.4 Å². The number of rotatable bonds is 2. The zero-order valence-corrected chi connectivity index (χ0v) is 12.9. The number of nitrogens with one attached hydrogen (secondary N) is 1. The molecule has 6 nitrogen and oxygen atoms in total. The lowest BCUT2D eigenvalue weighted by Gasteiger charge is -2.06. The van der Waals surface area contributed by atoms with Gasteiger partial charge in [0.05, 0.1) is 0 Å². The predicted molar refractivity (Wildman–Crippen MR) is 88.0 cm³/mol. The van der Waals surface area contributed by atoms with Crippen LogP contribution < -0.4 is 20.4 Å². The third kappa shape index (κ3) is 2.57. The maximum absolute atomic E-state index is 12.4. The Bertz CT molecular complexity index is 1030. The monoisotopic (exact) mass is 343 g/mol. The van der Waals surface area contributed by atoms with Crippen LogP contribution in [0.2, 0.25) is 5.02 Å². The molecule has 1 aliphatic rings. The number of carbonyl (C=O) groups is 1. The zero-order chi connectivity index (χ0) is 16.7. The average Bonchev–Trinajstić information content (AvgIpc) is 3.02. The Morgan fingerprint density at radius 3 is 2.75 bits per heavy atom. The molecule has 1 aromatic heterocycles. The fraction of sp³-hybridized carbons (Fsp3) is 0.0588. The van der Waals surface area contributed by atoms with Crippen molar-refractivity contribution in [3.05, 3.63) is 63.5 Å². The van der Waals surface area contributed by atoms with E-state index >= 15 is 0 Å². The van der Waals surface area contributed by atoms with Gasteiger partial charge in [-0.1, -0.05) is 11.6 Å². The highest BCUT2D eigenvalue weighted by atomic mass is 35.5. The van der Waals surface area contributed by atoms with Crippen LogP contribution in [0.1, 0.15) is 10.4 Å². The summed E-state index contributed by atoms with van der Waals surface area (Å²) in [6, 6.07) is 11.2. The van der Waals surface area contributed by atoms with Crippen LogP contribution in [-0.2, 0) is 0 Å². The number of amides is 1. The van der Waals surface area contributed by atoms with Gasteiger partial charge in [0.15, 0.2) is 11.5 Å². The fourth-order valence-corrected chi connectivity index (χ4v) is 2.61. The highest BCUT2D eigenvalue weighted by molar-refractivity contribution is 6.31. The van der Waals surface area contributed by atoms with Crippen molar-refractivity contribution in [3.8, 4) is 11.5 Å². The van der Waals surface area contributed by atoms with Gasteiger partial charge in [-0.05, 0) is 36.4 Å². The van der Waals surface area contributed by atoms with Gasteiger partial charge in [-0.2, -0.15) is 0 Å². The Kier molecular flexibility index (Phi) is 3.39. The van der Waals surface area contributed by atoms with Crippen LogP contribution >= 0.6 is 11.6 Å². The summed E-state index contributed by atoms with van der Waals surface area (Å²) in [4.78, 5) is 24.4. The van der Waals surface area contributed by atoms with Gasteiger partial charge in [0.1, 0.15) is 11.1 Å². The summed E-state index contributed by atoms with van der Waals surface area (Å²) < 4.78 is 15.6. The predicted octanol–water partition coefficient (Wildman–Crippen LogP) is 3.43. The lowest BCUT2D eigenvalue weighted by atomic mass is 10.1. The van der Waals surface area contributed by atoms with Gasteiger partial charge in [-0.15, -0.1) is 0 Å². The van der Waals surface area contributed by atoms with E-state index < -0.39 is 11.5 Å². The molecule has 0 saturated heterocycles. The fourth-order valence-electron chi connectivity index (χ4n) is 2.43. The molecule has 0 fully saturated rings. The summed E-state index contributed by atoms with van der Waals surface area (Å²) in [6.45, 7) is 0.141. The van der Waals surface area contributed by atoms with Gasteiger partial charge < -0.3 is 19.2 Å². The summed E-state index contributed by atoms with van der Waals surface area (Å²) >= 11 is 5.93. The van der Waals surface area contributed by atoms with E-state index in [1.54, 1.807) is 36.4 Å². The molecule has 0 spiro atoms. The van der Waals surface area contributed by atoms with Crippen LogP contribution in [0.5, 0.6) is 11.5 Å². The molecule has 2 heterocycles. The second-order valence-electron chi connectivity index (χ2n) is 5.15. The van der Waals surface area contributed by atoms with Gasteiger partial charge in [-0.25, -0.2) is 4.79 Å². The third-order valence-electron chi connectivity index (χ3n) is 3.57. The Hall–Kier alpha value is -2.99. The van der Waals surface area contributed by atoms with E-state index in [4.69, 9.17) is 25.5 Å². The number of hydrogen-bond acceptors (Lipinski definition) is 5. The molecule has 7 heteroatoms. The van der Waals surface area contributed by atoms with E-state index in [9.17, 15) is 9.59 Å². The average molecular weight is 344 g/mol. The van der Waals surface area contributed by atoms with Crippen molar-refractivity contribution in [2.75, 3.05) is 12.1 Å². The summed E-state index contributed by atoms with van der Waals surface area (Å²) in [5.74, 6) is 0.558. The maximum atomic E-state index is 12.4. The minimum atomic E-state index is -0.719. The summed E-state index contributed by atoms with van der Waals surface area (Å²) in [5.41, 5.74) is 0.0179. The standard InChI is InChI=1S/C17H10ClNO5/c18-10-1-3-13-9(5-10)6-12(17(21)24-13)16(20)19-11-2-4-14-15(7-11)23-8-22-14/h1-7H,8H2,(H,19,20). The molecule has 1 aliphatic heterocycles. The SMILES string of the molecule is O=C(Nc1ccc2c(c1)OCO2)c1cc2cc(Cl)ccc2oc1=O. The number of benzene rings is 2. The number of hydrogen-bond donors (Lipinski definition) is 1. The first-order valence-corrected chi connectivity index (χ1v) is 7.42. The molecule has 4 rings (SSSR count). The van der Waals surface area contributed by atoms with Crippen LogP contribution in [0.25, 0.3) is 11.0 Å². The Morgan fingerprint density at radius 2 is 1.88 bits per heavy atom. The van der Waals surface area contributed by atoms with Crippen molar-refractivity contribution in [2.45, 2.75) is 0 Å². The van der Waals surface area contributed by atoms with E-state index in [2.05, 4.69) is 5.32 Å². The third-order valence-corrected chi connectivity index (χ3v) is 3.80. The van der Waals surface area contributed by atoms with Crippen LogP contribution in [0.15, 0.2) is 51.7 Å². The lowest BCUT2D eigenvalue weighted by molar-refractivity contribution is 0.102. The maximum Gasteiger partial charge on any atom is 0.349 e. The van der Waals surface area contributed by atoms with Crippen molar-refractivity contribution in [1.82, 2.24) is 0 Å². The highest BCUT2D eigenvalue weighted by Gasteiger charge is 2.17. The molecule has 0 unspecified atom stereocenters. The first kappa shape index (κ1) is 14.6. The Balaban J connectivity index is 1.68. The topological polar surface area (TPSA) is 77.8 Å². The molecule has 0 aliphatic carbocycles. The first-order chi connectivity index (χ1) is 11.6. The molecule has 24 heavy (non-hydrogen) atoms. The molecular weight excluding hydrogens is 334 g/mol. The molecule has 120 valence electrons. The highest BCUT2D eigenvalue weighted by Crippen LogP contribution is 2.34. The summed E-state index contributed by atoms with van der Waals surface area (Å²) in [5, 5.41) is 3.69. The number of carbonyl (C=O) groups excluding carboxylic acids is 1. The van der Waals surface area contributed by atoms with Crippen molar-refractivity contribution in [3.63, 3.8) is 0 Å². The number of anilines is 1. The van der Waals surface area contributed by atoms with E-state index in [0.717, 1.165) is 0 Å². The van der Waals surface area contributed by atoms with Gasteiger partial charge in [0, 0.05) is 22.2 Å². The molecule has 2 aromatic carbocycles. The molecule has 1 N–H and O–H groups in total. The van der Waals surface area contributed by atoms with E-state index in [1.807, 2.05) is 0 Å². The molecule has 0 atom stereocenters. The van der Waals surface area contributed by atoms with Gasteiger partial charge in [0.25, 0.3) is 5.91 Å². The van der Waals surface area contributed by atoms with Crippen LogP contribution in [0, 0.1) is 0 Å². The van der Waals surface area contributed by atoms with E-state index in [1.165, 1.54) is 6.07 Å². The van der Waals surface area contributed by atoms with Crippen LogP contribution in [0.3, 0.4) is 0 Å². The summed E-state index contributed by atoms with van der Waals surface area (Å²) in [7, 11) is 0. The molecule has 3 aromatic rings. The molecule has 0 bridgehead atoms. The normalized spacial score (nSPS) is 12.4. The second kappa shape index (κ2) is 5.58. The van der Waals surface area contributed by atoms with Crippen molar-refractivity contribution in [1.29, 1.82) is 0 Å². The number of halogens is 1.